The van der Waals surface area contributed by atoms with Gasteiger partial charge in [-0.05, 0) is 6.42 Å². The lowest BCUT2D eigenvalue weighted by molar-refractivity contribution is -0.385. The first-order valence-electron chi connectivity index (χ1n) is 6.05. The van der Waals surface area contributed by atoms with Crippen LogP contribution in [0.4, 0.5) is 11.5 Å². The zero-order chi connectivity index (χ0) is 14.1. The molecule has 0 aliphatic heterocycles. The van der Waals surface area contributed by atoms with Crippen LogP contribution in [-0.4, -0.2) is 41.8 Å². The fraction of sp³-hybridized carbons (Fsp3) is 0.636. The second kappa shape index (κ2) is 8.20. The van der Waals surface area contributed by atoms with E-state index >= 15 is 0 Å². The first-order valence-corrected chi connectivity index (χ1v) is 6.05. The van der Waals surface area contributed by atoms with E-state index in [2.05, 4.69) is 15.3 Å². The van der Waals surface area contributed by atoms with E-state index in [0.29, 0.717) is 19.8 Å². The van der Waals surface area contributed by atoms with E-state index < -0.39 is 4.92 Å². The number of unbranched alkanes of at least 4 members (excludes halogenated alkanes) is 1. The highest BCUT2D eigenvalue weighted by atomic mass is 16.6. The summed E-state index contributed by atoms with van der Waals surface area (Å²) in [6.45, 7) is 3.25. The first kappa shape index (κ1) is 15.1. The van der Waals surface area contributed by atoms with E-state index in [1.165, 1.54) is 6.33 Å². The highest BCUT2D eigenvalue weighted by Crippen LogP contribution is 2.30. The Hall–Kier alpha value is -1.96. The predicted octanol–water partition coefficient (Wildman–Crippen LogP) is 1.62. The van der Waals surface area contributed by atoms with Gasteiger partial charge in [-0.1, -0.05) is 13.3 Å². The van der Waals surface area contributed by atoms with Crippen LogP contribution in [0.2, 0.25) is 0 Å². The van der Waals surface area contributed by atoms with Gasteiger partial charge in [0, 0.05) is 13.7 Å². The summed E-state index contributed by atoms with van der Waals surface area (Å²) >= 11 is 0. The minimum Gasteiger partial charge on any atom is -0.473 e. The fourth-order valence-electron chi connectivity index (χ4n) is 1.35. The van der Waals surface area contributed by atoms with Gasteiger partial charge >= 0.3 is 5.69 Å². The van der Waals surface area contributed by atoms with Crippen LogP contribution in [0.3, 0.4) is 0 Å². The van der Waals surface area contributed by atoms with Gasteiger partial charge in [-0.3, -0.25) is 10.1 Å². The van der Waals surface area contributed by atoms with Gasteiger partial charge in [0.2, 0.25) is 5.82 Å². The molecule has 0 saturated heterocycles. The smallest absolute Gasteiger partial charge is 0.372 e. The van der Waals surface area contributed by atoms with E-state index in [1.54, 1.807) is 7.11 Å². The molecule has 0 radical (unpaired) electrons. The van der Waals surface area contributed by atoms with Gasteiger partial charge in [-0.15, -0.1) is 0 Å². The van der Waals surface area contributed by atoms with Crippen molar-refractivity contribution in [1.29, 1.82) is 0 Å². The van der Waals surface area contributed by atoms with Crippen LogP contribution in [-0.2, 0) is 4.74 Å². The Morgan fingerprint density at radius 2 is 2.21 bits per heavy atom. The summed E-state index contributed by atoms with van der Waals surface area (Å²) in [7, 11) is 1.55. The average molecular weight is 270 g/mol. The molecule has 0 aliphatic rings. The third-order valence-corrected chi connectivity index (χ3v) is 2.31. The number of nitrogens with one attached hydrogen (secondary N) is 1. The Kier molecular flexibility index (Phi) is 6.51. The summed E-state index contributed by atoms with van der Waals surface area (Å²) in [6.07, 6.45) is 2.99. The summed E-state index contributed by atoms with van der Waals surface area (Å²) in [5.41, 5.74) is -0.241. The van der Waals surface area contributed by atoms with Gasteiger partial charge < -0.3 is 14.8 Å². The molecule has 8 nitrogen and oxygen atoms in total. The Labute approximate surface area is 111 Å². The molecule has 19 heavy (non-hydrogen) atoms. The van der Waals surface area contributed by atoms with Crippen molar-refractivity contribution in [2.45, 2.75) is 19.8 Å². The van der Waals surface area contributed by atoms with E-state index in [-0.39, 0.29) is 17.4 Å². The summed E-state index contributed by atoms with van der Waals surface area (Å²) < 4.78 is 10.2. The van der Waals surface area contributed by atoms with E-state index in [4.69, 9.17) is 9.47 Å². The zero-order valence-electron chi connectivity index (χ0n) is 11.1. The van der Waals surface area contributed by atoms with Crippen LogP contribution in [0.5, 0.6) is 5.88 Å². The van der Waals surface area contributed by atoms with Gasteiger partial charge in [0.05, 0.1) is 18.1 Å². The number of nitrogens with zero attached hydrogens (tertiary/aromatic N) is 3. The number of aromatic nitrogens is 2. The third kappa shape index (κ3) is 4.66. The standard InChI is InChI=1S/C11H18N4O4/c1-3-4-6-19-11-9(15(16)17)10(13-8-14-11)12-5-7-18-2/h8H,3-7H2,1-2H3,(H,12,13,14). The lowest BCUT2D eigenvalue weighted by Gasteiger charge is -2.08. The van der Waals surface area contributed by atoms with Crippen LogP contribution in [0.15, 0.2) is 6.33 Å². The Morgan fingerprint density at radius 3 is 2.84 bits per heavy atom. The Morgan fingerprint density at radius 1 is 1.42 bits per heavy atom. The van der Waals surface area contributed by atoms with Crippen molar-refractivity contribution in [3.63, 3.8) is 0 Å². The van der Waals surface area contributed by atoms with Crippen molar-refractivity contribution in [2.75, 3.05) is 32.2 Å². The van der Waals surface area contributed by atoms with Crippen molar-refractivity contribution in [3.05, 3.63) is 16.4 Å². The third-order valence-electron chi connectivity index (χ3n) is 2.31. The molecule has 0 spiro atoms. The van der Waals surface area contributed by atoms with Crippen molar-refractivity contribution < 1.29 is 14.4 Å². The van der Waals surface area contributed by atoms with E-state index in [9.17, 15) is 10.1 Å². The molecule has 0 unspecified atom stereocenters. The molecule has 1 N–H and O–H groups in total. The number of anilines is 1. The Bertz CT molecular complexity index is 385. The summed E-state index contributed by atoms with van der Waals surface area (Å²) in [5.74, 6) is 0.136. The normalized spacial score (nSPS) is 10.2. The van der Waals surface area contributed by atoms with Crippen LogP contribution in [0.25, 0.3) is 0 Å². The second-order valence-electron chi connectivity index (χ2n) is 3.75. The molecular formula is C11H18N4O4. The molecule has 106 valence electrons. The zero-order valence-corrected chi connectivity index (χ0v) is 11.1. The fourth-order valence-corrected chi connectivity index (χ4v) is 1.35. The molecule has 0 atom stereocenters. The van der Waals surface area contributed by atoms with Crippen molar-refractivity contribution in [1.82, 2.24) is 9.97 Å². The van der Waals surface area contributed by atoms with Gasteiger partial charge in [0.25, 0.3) is 5.88 Å². The Balaban J connectivity index is 2.84. The molecule has 1 aromatic heterocycles. The molecule has 8 heteroatoms. The number of ether oxygens (including phenoxy) is 2. The highest BCUT2D eigenvalue weighted by Gasteiger charge is 2.24. The van der Waals surface area contributed by atoms with Crippen LogP contribution in [0, 0.1) is 10.1 Å². The maximum atomic E-state index is 11.1. The molecule has 0 bridgehead atoms. The highest BCUT2D eigenvalue weighted by molar-refractivity contribution is 5.61. The van der Waals surface area contributed by atoms with Crippen molar-refractivity contribution in [3.8, 4) is 5.88 Å². The minimum absolute atomic E-state index is 0.00614. The van der Waals surface area contributed by atoms with Gasteiger partial charge in [-0.25, -0.2) is 4.98 Å². The van der Waals surface area contributed by atoms with Gasteiger partial charge in [0.1, 0.15) is 6.33 Å². The molecule has 1 heterocycles. The molecular weight excluding hydrogens is 252 g/mol. The minimum atomic E-state index is -0.545. The number of methoxy groups -OCH3 is 1. The van der Waals surface area contributed by atoms with E-state index in [0.717, 1.165) is 12.8 Å². The number of nitro groups is 1. The SMILES string of the molecule is CCCCOc1ncnc(NCCOC)c1[N+](=O)[O-]. The van der Waals surface area contributed by atoms with Crippen LogP contribution in [0.1, 0.15) is 19.8 Å². The lowest BCUT2D eigenvalue weighted by atomic mass is 10.4. The maximum absolute atomic E-state index is 11.1. The topological polar surface area (TPSA) is 99.4 Å². The van der Waals surface area contributed by atoms with Crippen molar-refractivity contribution in [2.24, 2.45) is 0 Å². The summed E-state index contributed by atoms with van der Waals surface area (Å²) in [5, 5.41) is 13.9. The molecule has 0 aromatic carbocycles. The number of hydrogen-bond donors (Lipinski definition) is 1. The van der Waals surface area contributed by atoms with Crippen molar-refractivity contribution >= 4 is 11.5 Å². The number of rotatable bonds is 9. The summed E-state index contributed by atoms with van der Waals surface area (Å²) in [6, 6.07) is 0. The lowest BCUT2D eigenvalue weighted by Crippen LogP contribution is -2.12. The second-order valence-corrected chi connectivity index (χ2v) is 3.75. The van der Waals surface area contributed by atoms with Crippen LogP contribution < -0.4 is 10.1 Å². The molecule has 0 fully saturated rings. The molecule has 0 aliphatic carbocycles. The van der Waals surface area contributed by atoms with E-state index in [1.807, 2.05) is 6.92 Å². The molecule has 1 aromatic rings. The predicted molar refractivity (Wildman–Crippen MR) is 69.5 cm³/mol. The largest absolute Gasteiger partial charge is 0.473 e. The number of hydrogen-bond acceptors (Lipinski definition) is 7. The maximum Gasteiger partial charge on any atom is 0.372 e. The van der Waals surface area contributed by atoms with Crippen LogP contribution >= 0.6 is 0 Å². The first-order chi connectivity index (χ1) is 9.20. The monoisotopic (exact) mass is 270 g/mol. The molecule has 0 amide bonds. The average Bonchev–Trinajstić information content (AvgIpc) is 2.39. The van der Waals surface area contributed by atoms with Gasteiger partial charge in [0.15, 0.2) is 0 Å². The molecule has 0 saturated carbocycles. The molecule has 1 rings (SSSR count). The van der Waals surface area contributed by atoms with Gasteiger partial charge in [-0.2, -0.15) is 4.98 Å². The quantitative estimate of drug-likeness (QED) is 0.413. The summed E-state index contributed by atoms with van der Waals surface area (Å²) in [4.78, 5) is 18.2.